The maximum absolute atomic E-state index is 13.5. The summed E-state index contributed by atoms with van der Waals surface area (Å²) in [5, 5.41) is 4.86. The fourth-order valence-electron chi connectivity index (χ4n) is 3.96. The predicted octanol–water partition coefficient (Wildman–Crippen LogP) is 5.88. The van der Waals surface area contributed by atoms with Gasteiger partial charge in [0.15, 0.2) is 5.58 Å². The minimum Gasteiger partial charge on any atom is -0.439 e. The second-order valence-electron chi connectivity index (χ2n) is 7.23. The van der Waals surface area contributed by atoms with E-state index < -0.39 is 0 Å². The van der Waals surface area contributed by atoms with Crippen LogP contribution in [0.3, 0.4) is 0 Å². The molecular weight excluding hydrogens is 374 g/mol. The van der Waals surface area contributed by atoms with Gasteiger partial charge in [0.05, 0.1) is 22.2 Å². The molecule has 0 atom stereocenters. The lowest BCUT2D eigenvalue weighted by molar-refractivity contribution is 0.637. The van der Waals surface area contributed by atoms with E-state index >= 15 is 0 Å². The number of furan rings is 1. The third kappa shape index (κ3) is 2.78. The highest BCUT2D eigenvalue weighted by molar-refractivity contribution is 6.10. The van der Waals surface area contributed by atoms with Crippen LogP contribution in [0.4, 0.5) is 11.6 Å². The van der Waals surface area contributed by atoms with E-state index in [1.54, 1.807) is 10.8 Å². The van der Waals surface area contributed by atoms with Gasteiger partial charge in [0.2, 0.25) is 5.88 Å². The van der Waals surface area contributed by atoms with E-state index in [0.29, 0.717) is 34.7 Å². The van der Waals surface area contributed by atoms with Gasteiger partial charge in [-0.15, -0.1) is 0 Å². The van der Waals surface area contributed by atoms with Gasteiger partial charge in [0, 0.05) is 23.8 Å². The number of pyridine rings is 2. The molecule has 0 radical (unpaired) electrons. The van der Waals surface area contributed by atoms with Gasteiger partial charge in [-0.25, -0.2) is 0 Å². The smallest absolute Gasteiger partial charge is 0.262 e. The number of hydrogen-bond donors (Lipinski definition) is 1. The van der Waals surface area contributed by atoms with E-state index in [1.807, 2.05) is 80.6 Å². The molecule has 0 aliphatic carbocycles. The molecule has 0 saturated carbocycles. The fourth-order valence-corrected chi connectivity index (χ4v) is 3.96. The van der Waals surface area contributed by atoms with Crippen molar-refractivity contribution in [3.63, 3.8) is 0 Å². The van der Waals surface area contributed by atoms with E-state index in [-0.39, 0.29) is 5.56 Å². The molecule has 5 nitrogen and oxygen atoms in total. The highest BCUT2D eigenvalue weighted by Crippen LogP contribution is 2.40. The molecule has 148 valence electrons. The second-order valence-corrected chi connectivity index (χ2v) is 7.23. The number of rotatable bonds is 4. The van der Waals surface area contributed by atoms with Crippen LogP contribution in [-0.2, 0) is 6.54 Å². The monoisotopic (exact) mass is 395 g/mol. The molecule has 3 heterocycles. The summed E-state index contributed by atoms with van der Waals surface area (Å²) >= 11 is 0. The summed E-state index contributed by atoms with van der Waals surface area (Å²) < 4.78 is 8.13. The quantitative estimate of drug-likeness (QED) is 0.413. The molecule has 0 amide bonds. The number of nitrogens with one attached hydrogen (secondary N) is 1. The average Bonchev–Trinajstić information content (AvgIpc) is 3.16. The van der Waals surface area contributed by atoms with Gasteiger partial charge >= 0.3 is 0 Å². The van der Waals surface area contributed by atoms with Gasteiger partial charge in [0.1, 0.15) is 0 Å². The Balaban J connectivity index is 1.90. The van der Waals surface area contributed by atoms with Gasteiger partial charge in [-0.3, -0.25) is 9.78 Å². The van der Waals surface area contributed by atoms with Crippen molar-refractivity contribution in [3.05, 3.63) is 88.8 Å². The first kappa shape index (κ1) is 18.2. The van der Waals surface area contributed by atoms with Crippen molar-refractivity contribution in [2.75, 3.05) is 5.32 Å². The Morgan fingerprint density at radius 1 is 1.00 bits per heavy atom. The normalized spacial score (nSPS) is 11.3. The molecule has 5 aromatic rings. The van der Waals surface area contributed by atoms with E-state index in [4.69, 9.17) is 4.42 Å². The molecule has 0 aliphatic rings. The van der Waals surface area contributed by atoms with Crippen LogP contribution in [0.2, 0.25) is 0 Å². The fraction of sp³-hybridized carbons (Fsp3) is 0.120. The van der Waals surface area contributed by atoms with Crippen LogP contribution >= 0.6 is 0 Å². The van der Waals surface area contributed by atoms with Crippen LogP contribution in [0.25, 0.3) is 33.1 Å². The first-order valence-electron chi connectivity index (χ1n) is 10.0. The Morgan fingerprint density at radius 2 is 1.77 bits per heavy atom. The lowest BCUT2D eigenvalue weighted by Crippen LogP contribution is -2.19. The molecule has 0 saturated heterocycles. The minimum atomic E-state index is -0.0755. The molecular formula is C25H21N3O2. The van der Waals surface area contributed by atoms with Crippen molar-refractivity contribution in [2.24, 2.45) is 0 Å². The minimum absolute atomic E-state index is 0.0755. The van der Waals surface area contributed by atoms with Crippen molar-refractivity contribution in [2.45, 2.75) is 20.4 Å². The highest BCUT2D eigenvalue weighted by Gasteiger charge is 2.24. The Kier molecular flexibility index (Phi) is 4.36. The third-order valence-electron chi connectivity index (χ3n) is 5.44. The van der Waals surface area contributed by atoms with E-state index in [1.165, 1.54) is 0 Å². The maximum Gasteiger partial charge on any atom is 0.262 e. The van der Waals surface area contributed by atoms with Crippen LogP contribution < -0.4 is 10.9 Å². The Morgan fingerprint density at radius 3 is 2.53 bits per heavy atom. The molecule has 0 aliphatic heterocycles. The maximum atomic E-state index is 13.5. The first-order chi connectivity index (χ1) is 14.7. The number of nitrogens with zero attached hydrogens (tertiary/aromatic N) is 2. The van der Waals surface area contributed by atoms with E-state index in [0.717, 1.165) is 22.2 Å². The summed E-state index contributed by atoms with van der Waals surface area (Å²) in [4.78, 5) is 18.1. The zero-order valence-electron chi connectivity index (χ0n) is 16.8. The topological polar surface area (TPSA) is 60.1 Å². The van der Waals surface area contributed by atoms with Crippen LogP contribution in [0.15, 0.2) is 82.1 Å². The molecule has 0 spiro atoms. The SMILES string of the molecule is CCn1c(=O)c2c(-c3ccccn3)c(Nc3ccccc3C)oc2c2ccccc21. The van der Waals surface area contributed by atoms with Gasteiger partial charge in [-0.1, -0.05) is 36.4 Å². The van der Waals surface area contributed by atoms with Crippen LogP contribution in [0.1, 0.15) is 12.5 Å². The molecule has 1 N–H and O–H groups in total. The number of hydrogen-bond acceptors (Lipinski definition) is 4. The Hall–Kier alpha value is -3.86. The van der Waals surface area contributed by atoms with Gasteiger partial charge in [-0.2, -0.15) is 0 Å². The lowest BCUT2D eigenvalue weighted by Gasteiger charge is -2.09. The summed E-state index contributed by atoms with van der Waals surface area (Å²) in [5.74, 6) is 0.522. The number of para-hydroxylation sites is 2. The van der Waals surface area contributed by atoms with Crippen LogP contribution in [0.5, 0.6) is 0 Å². The Bertz CT molecular complexity index is 1430. The third-order valence-corrected chi connectivity index (χ3v) is 5.44. The molecule has 0 bridgehead atoms. The van der Waals surface area contributed by atoms with Gasteiger partial charge in [0.25, 0.3) is 5.56 Å². The summed E-state index contributed by atoms with van der Waals surface area (Å²) in [6.07, 6.45) is 1.73. The number of benzene rings is 2. The molecule has 3 aromatic heterocycles. The lowest BCUT2D eigenvalue weighted by atomic mass is 10.1. The summed E-state index contributed by atoms with van der Waals surface area (Å²) in [6, 6.07) is 21.5. The summed E-state index contributed by atoms with van der Waals surface area (Å²) in [5.41, 5.74) is 4.76. The Labute approximate surface area is 173 Å². The molecule has 5 heteroatoms. The standard InChI is InChI=1S/C25H21N3O2/c1-3-28-20-14-7-5-11-17(20)23-22(25(28)29)21(19-13-8-9-15-26-19)24(30-23)27-18-12-6-4-10-16(18)2/h4-15,27H,3H2,1-2H3. The van der Waals surface area contributed by atoms with Crippen molar-refractivity contribution in [1.29, 1.82) is 0 Å². The first-order valence-corrected chi connectivity index (χ1v) is 10.0. The second kappa shape index (κ2) is 7.19. The number of anilines is 2. The molecule has 0 fully saturated rings. The van der Waals surface area contributed by atoms with Crippen molar-refractivity contribution in [1.82, 2.24) is 9.55 Å². The average molecular weight is 395 g/mol. The molecule has 2 aromatic carbocycles. The largest absolute Gasteiger partial charge is 0.439 e. The number of fused-ring (bicyclic) bond motifs is 3. The summed E-state index contributed by atoms with van der Waals surface area (Å²) in [6.45, 7) is 4.58. The van der Waals surface area contributed by atoms with Crippen molar-refractivity contribution < 1.29 is 4.42 Å². The summed E-state index contributed by atoms with van der Waals surface area (Å²) in [7, 11) is 0. The van der Waals surface area contributed by atoms with Crippen molar-refractivity contribution >= 4 is 33.4 Å². The zero-order valence-corrected chi connectivity index (χ0v) is 16.8. The predicted molar refractivity (Wildman–Crippen MR) is 121 cm³/mol. The number of aromatic nitrogens is 2. The number of aryl methyl sites for hydroxylation is 2. The molecule has 0 unspecified atom stereocenters. The van der Waals surface area contributed by atoms with Crippen molar-refractivity contribution in [3.8, 4) is 11.3 Å². The van der Waals surface area contributed by atoms with Gasteiger partial charge < -0.3 is 14.3 Å². The van der Waals surface area contributed by atoms with E-state index in [9.17, 15) is 4.79 Å². The highest BCUT2D eigenvalue weighted by atomic mass is 16.4. The van der Waals surface area contributed by atoms with Crippen LogP contribution in [-0.4, -0.2) is 9.55 Å². The van der Waals surface area contributed by atoms with Crippen LogP contribution in [0, 0.1) is 6.92 Å². The molecule has 30 heavy (non-hydrogen) atoms. The molecule has 5 rings (SSSR count). The van der Waals surface area contributed by atoms with E-state index in [2.05, 4.69) is 10.3 Å². The zero-order chi connectivity index (χ0) is 20.7. The van der Waals surface area contributed by atoms with Gasteiger partial charge in [-0.05, 0) is 49.7 Å².